The van der Waals surface area contributed by atoms with Crippen molar-refractivity contribution in [3.63, 3.8) is 0 Å². The van der Waals surface area contributed by atoms with Crippen LogP contribution in [0.25, 0.3) is 22.3 Å². The third-order valence-corrected chi connectivity index (χ3v) is 6.08. The van der Waals surface area contributed by atoms with E-state index in [1.807, 2.05) is 32.0 Å². The summed E-state index contributed by atoms with van der Waals surface area (Å²) < 4.78 is 0. The number of rotatable bonds is 6. The first kappa shape index (κ1) is 21.2. The lowest BCUT2D eigenvalue weighted by atomic mass is 9.93. The number of aromatic hydroxyl groups is 1. The number of piperidine rings is 1. The minimum Gasteiger partial charge on any atom is -0.507 e. The van der Waals surface area contributed by atoms with Crippen molar-refractivity contribution < 1.29 is 15.0 Å². The Hall–Kier alpha value is -2.99. The van der Waals surface area contributed by atoms with Crippen LogP contribution in [-0.2, 0) is 4.79 Å². The molecule has 6 nitrogen and oxygen atoms in total. The molecule has 162 valence electrons. The number of aryl methyl sites for hydroxylation is 2. The Kier molecular flexibility index (Phi) is 6.18. The number of hydrogen-bond donors (Lipinski definition) is 2. The number of phenolic OH excluding ortho intramolecular Hbond substituents is 1. The third kappa shape index (κ3) is 4.85. The molecule has 1 unspecified atom stereocenters. The zero-order valence-electron chi connectivity index (χ0n) is 18.1. The van der Waals surface area contributed by atoms with Crippen molar-refractivity contribution in [2.24, 2.45) is 0 Å². The summed E-state index contributed by atoms with van der Waals surface area (Å²) in [6.07, 6.45) is 3.05. The fourth-order valence-electron chi connectivity index (χ4n) is 4.61. The van der Waals surface area contributed by atoms with Gasteiger partial charge in [-0.05, 0) is 87.7 Å². The maximum atomic E-state index is 10.8. The minimum atomic E-state index is -0.735. The lowest BCUT2D eigenvalue weighted by molar-refractivity contribution is -0.137. The number of phenols is 1. The second kappa shape index (κ2) is 9.02. The second-order valence-corrected chi connectivity index (χ2v) is 8.59. The maximum absolute atomic E-state index is 10.8. The Morgan fingerprint density at radius 2 is 1.97 bits per heavy atom. The third-order valence-electron chi connectivity index (χ3n) is 6.08. The van der Waals surface area contributed by atoms with Gasteiger partial charge in [0, 0.05) is 35.5 Å². The first-order valence-corrected chi connectivity index (χ1v) is 10.9. The van der Waals surface area contributed by atoms with Gasteiger partial charge in [-0.15, -0.1) is 0 Å². The molecule has 3 aromatic rings. The SMILES string of the molecule is Cc1cc(C)c(-c2ccc3ccc(C4CCCN(CCCC(=O)O)C4)nc3n2)c(O)c1. The van der Waals surface area contributed by atoms with Crippen LogP contribution in [0.3, 0.4) is 0 Å². The van der Waals surface area contributed by atoms with Crippen molar-refractivity contribution >= 4 is 17.0 Å². The fraction of sp³-hybridized carbons (Fsp3) is 0.400. The molecule has 0 aliphatic carbocycles. The van der Waals surface area contributed by atoms with Crippen LogP contribution < -0.4 is 0 Å². The maximum Gasteiger partial charge on any atom is 0.303 e. The van der Waals surface area contributed by atoms with Crippen molar-refractivity contribution in [2.45, 2.75) is 45.4 Å². The van der Waals surface area contributed by atoms with Gasteiger partial charge in [-0.3, -0.25) is 4.79 Å². The van der Waals surface area contributed by atoms with Gasteiger partial charge in [0.25, 0.3) is 0 Å². The van der Waals surface area contributed by atoms with Gasteiger partial charge in [-0.25, -0.2) is 9.97 Å². The molecule has 2 N–H and O–H groups in total. The average molecular weight is 420 g/mol. The number of aromatic nitrogens is 2. The molecule has 0 saturated carbocycles. The highest BCUT2D eigenvalue weighted by Crippen LogP contribution is 2.33. The smallest absolute Gasteiger partial charge is 0.303 e. The first-order valence-electron chi connectivity index (χ1n) is 10.9. The molecule has 0 radical (unpaired) electrons. The number of carbonyl (C=O) groups is 1. The van der Waals surface area contributed by atoms with E-state index in [9.17, 15) is 9.90 Å². The summed E-state index contributed by atoms with van der Waals surface area (Å²) in [5.74, 6) is -0.172. The van der Waals surface area contributed by atoms with E-state index in [-0.39, 0.29) is 12.2 Å². The fourth-order valence-corrected chi connectivity index (χ4v) is 4.61. The Balaban J connectivity index is 1.58. The van der Waals surface area contributed by atoms with Crippen LogP contribution in [0.4, 0.5) is 0 Å². The van der Waals surface area contributed by atoms with Crippen LogP contribution >= 0.6 is 0 Å². The molecule has 6 heteroatoms. The van der Waals surface area contributed by atoms with E-state index < -0.39 is 5.97 Å². The normalized spacial score (nSPS) is 17.2. The van der Waals surface area contributed by atoms with Gasteiger partial charge in [-0.1, -0.05) is 6.07 Å². The van der Waals surface area contributed by atoms with Crippen molar-refractivity contribution in [1.29, 1.82) is 0 Å². The molecule has 0 amide bonds. The molecule has 1 aromatic carbocycles. The van der Waals surface area contributed by atoms with Gasteiger partial charge in [0.2, 0.25) is 0 Å². The molecule has 31 heavy (non-hydrogen) atoms. The summed E-state index contributed by atoms with van der Waals surface area (Å²) in [6, 6.07) is 11.9. The summed E-state index contributed by atoms with van der Waals surface area (Å²) in [4.78, 5) is 22.8. The van der Waals surface area contributed by atoms with Gasteiger partial charge in [0.15, 0.2) is 5.65 Å². The van der Waals surface area contributed by atoms with Gasteiger partial charge >= 0.3 is 5.97 Å². The van der Waals surface area contributed by atoms with Gasteiger partial charge in [0.1, 0.15) is 5.75 Å². The standard InChI is InChI=1S/C25H29N3O3/c1-16-13-17(2)24(22(29)14-16)21-10-8-18-7-9-20(26-25(18)27-21)19-5-3-11-28(15-19)12-4-6-23(30)31/h7-10,13-14,19,29H,3-6,11-12,15H2,1-2H3,(H,30,31). The number of fused-ring (bicyclic) bond motifs is 1. The van der Waals surface area contributed by atoms with Crippen LogP contribution in [0.1, 0.15) is 48.4 Å². The largest absolute Gasteiger partial charge is 0.507 e. The zero-order chi connectivity index (χ0) is 22.0. The summed E-state index contributed by atoms with van der Waals surface area (Å²) in [5, 5.41) is 20.3. The molecule has 3 heterocycles. The van der Waals surface area contributed by atoms with Gasteiger partial charge in [-0.2, -0.15) is 0 Å². The lowest BCUT2D eigenvalue weighted by Crippen LogP contribution is -2.35. The number of benzene rings is 1. The summed E-state index contributed by atoms with van der Waals surface area (Å²) in [7, 11) is 0. The number of hydrogen-bond acceptors (Lipinski definition) is 5. The highest BCUT2D eigenvalue weighted by atomic mass is 16.4. The number of nitrogens with zero attached hydrogens (tertiary/aromatic N) is 3. The van der Waals surface area contributed by atoms with E-state index in [0.717, 1.165) is 65.9 Å². The van der Waals surface area contributed by atoms with Gasteiger partial charge in [0.05, 0.1) is 5.69 Å². The number of pyridine rings is 2. The van der Waals surface area contributed by atoms with E-state index >= 15 is 0 Å². The topological polar surface area (TPSA) is 86.6 Å². The molecular formula is C25H29N3O3. The summed E-state index contributed by atoms with van der Waals surface area (Å²) in [6.45, 7) is 6.67. The highest BCUT2D eigenvalue weighted by Gasteiger charge is 2.23. The molecule has 0 bridgehead atoms. The number of aliphatic carboxylic acids is 1. The predicted molar refractivity (Wildman–Crippen MR) is 121 cm³/mol. The number of likely N-dealkylation sites (tertiary alicyclic amines) is 1. The molecule has 1 atom stereocenters. The van der Waals surface area contributed by atoms with Crippen molar-refractivity contribution in [3.8, 4) is 17.0 Å². The Labute approximate surface area is 182 Å². The van der Waals surface area contributed by atoms with Crippen molar-refractivity contribution in [2.75, 3.05) is 19.6 Å². The van der Waals surface area contributed by atoms with Crippen molar-refractivity contribution in [3.05, 3.63) is 53.2 Å². The zero-order valence-corrected chi connectivity index (χ0v) is 18.1. The molecule has 1 saturated heterocycles. The predicted octanol–water partition coefficient (Wildman–Crippen LogP) is 4.66. The second-order valence-electron chi connectivity index (χ2n) is 8.59. The molecule has 1 fully saturated rings. The Bertz CT molecular complexity index is 1090. The highest BCUT2D eigenvalue weighted by molar-refractivity contribution is 5.81. The minimum absolute atomic E-state index is 0.216. The van der Waals surface area contributed by atoms with E-state index in [4.69, 9.17) is 15.1 Å². The summed E-state index contributed by atoms with van der Waals surface area (Å²) in [5.41, 5.74) is 5.21. The molecule has 1 aliphatic rings. The van der Waals surface area contributed by atoms with Crippen LogP contribution in [0.15, 0.2) is 36.4 Å². The molecule has 1 aliphatic heterocycles. The van der Waals surface area contributed by atoms with E-state index in [1.165, 1.54) is 0 Å². The number of carboxylic acids is 1. The van der Waals surface area contributed by atoms with E-state index in [1.54, 1.807) is 6.07 Å². The summed E-state index contributed by atoms with van der Waals surface area (Å²) >= 11 is 0. The van der Waals surface area contributed by atoms with Crippen LogP contribution in [-0.4, -0.2) is 50.7 Å². The Morgan fingerprint density at radius 3 is 2.74 bits per heavy atom. The molecule has 2 aromatic heterocycles. The monoisotopic (exact) mass is 419 g/mol. The van der Waals surface area contributed by atoms with Gasteiger partial charge < -0.3 is 15.1 Å². The quantitative estimate of drug-likeness (QED) is 0.604. The molecular weight excluding hydrogens is 390 g/mol. The molecule has 4 rings (SSSR count). The Morgan fingerprint density at radius 1 is 1.16 bits per heavy atom. The van der Waals surface area contributed by atoms with E-state index in [0.29, 0.717) is 18.0 Å². The van der Waals surface area contributed by atoms with Crippen LogP contribution in [0.5, 0.6) is 5.75 Å². The van der Waals surface area contributed by atoms with Crippen LogP contribution in [0, 0.1) is 13.8 Å². The first-order chi connectivity index (χ1) is 14.9. The lowest BCUT2D eigenvalue weighted by Gasteiger charge is -2.32. The van der Waals surface area contributed by atoms with E-state index in [2.05, 4.69) is 17.0 Å². The van der Waals surface area contributed by atoms with Crippen LogP contribution in [0.2, 0.25) is 0 Å². The number of carboxylic acid groups (broad SMARTS) is 1. The average Bonchev–Trinajstić information content (AvgIpc) is 2.72. The van der Waals surface area contributed by atoms with Crippen molar-refractivity contribution in [1.82, 2.24) is 14.9 Å². The molecule has 0 spiro atoms.